The molecule has 132 valence electrons. The molecular weight excluding hydrogens is 310 g/mol. The topological polar surface area (TPSA) is 84.7 Å². The van der Waals surface area contributed by atoms with E-state index in [1.807, 2.05) is 0 Å². The normalized spacial score (nSPS) is 16.8. The van der Waals surface area contributed by atoms with Gasteiger partial charge in [-0.15, -0.1) is 0 Å². The Morgan fingerprint density at radius 3 is 2.58 bits per heavy atom. The van der Waals surface area contributed by atoms with Gasteiger partial charge in [-0.25, -0.2) is 0 Å². The number of nitro benzene ring substituents is 1. The molecule has 0 bridgehead atoms. The van der Waals surface area contributed by atoms with E-state index in [1.165, 1.54) is 12.1 Å². The Kier molecular flexibility index (Phi) is 6.28. The van der Waals surface area contributed by atoms with Gasteiger partial charge in [0.15, 0.2) is 0 Å². The standard InChI is InChI=1S/C17H25N3O4/c1-12(2)16(19-6-8-24-9-7-19)11-18-17(21)14-4-5-15(20(22)23)13(3)10-14/h4-5,10,12,16H,6-9,11H2,1-3H3,(H,18,21)/t16-/m1/s1. The molecule has 1 aliphatic rings. The maximum absolute atomic E-state index is 12.4. The molecule has 1 heterocycles. The number of carbonyl (C=O) groups is 1. The van der Waals surface area contributed by atoms with E-state index in [2.05, 4.69) is 24.1 Å². The monoisotopic (exact) mass is 335 g/mol. The molecule has 0 aliphatic carbocycles. The predicted molar refractivity (Wildman–Crippen MR) is 91.2 cm³/mol. The van der Waals surface area contributed by atoms with Crippen molar-refractivity contribution in [3.05, 3.63) is 39.4 Å². The number of nitrogens with one attached hydrogen (secondary N) is 1. The molecule has 7 heteroatoms. The first-order valence-corrected chi connectivity index (χ1v) is 8.25. The van der Waals surface area contributed by atoms with Crippen LogP contribution in [0.2, 0.25) is 0 Å². The summed E-state index contributed by atoms with van der Waals surface area (Å²) in [4.78, 5) is 25.1. The number of morpholine rings is 1. The molecule has 0 saturated carbocycles. The largest absolute Gasteiger partial charge is 0.379 e. The number of nitro groups is 1. The summed E-state index contributed by atoms with van der Waals surface area (Å²) < 4.78 is 5.38. The first-order valence-electron chi connectivity index (χ1n) is 8.25. The van der Waals surface area contributed by atoms with Gasteiger partial charge >= 0.3 is 0 Å². The molecule has 1 saturated heterocycles. The number of ether oxygens (including phenoxy) is 1. The van der Waals surface area contributed by atoms with E-state index in [4.69, 9.17) is 4.74 Å². The highest BCUT2D eigenvalue weighted by Crippen LogP contribution is 2.19. The van der Waals surface area contributed by atoms with Crippen LogP contribution in [-0.4, -0.2) is 54.6 Å². The van der Waals surface area contributed by atoms with Gasteiger partial charge in [0.1, 0.15) is 0 Å². The van der Waals surface area contributed by atoms with Gasteiger partial charge in [-0.2, -0.15) is 0 Å². The van der Waals surface area contributed by atoms with Crippen LogP contribution in [0, 0.1) is 23.0 Å². The number of hydrogen-bond donors (Lipinski definition) is 1. The van der Waals surface area contributed by atoms with Crippen LogP contribution in [0.15, 0.2) is 18.2 Å². The van der Waals surface area contributed by atoms with Crippen molar-refractivity contribution in [3.8, 4) is 0 Å². The van der Waals surface area contributed by atoms with Crippen LogP contribution in [0.3, 0.4) is 0 Å². The number of benzene rings is 1. The highest BCUT2D eigenvalue weighted by Gasteiger charge is 2.24. The van der Waals surface area contributed by atoms with Gasteiger partial charge in [0.05, 0.1) is 18.1 Å². The van der Waals surface area contributed by atoms with Crippen molar-refractivity contribution in [1.29, 1.82) is 0 Å². The molecule has 1 aromatic rings. The quantitative estimate of drug-likeness (QED) is 0.635. The summed E-state index contributed by atoms with van der Waals surface area (Å²) in [5, 5.41) is 13.8. The molecule has 24 heavy (non-hydrogen) atoms. The highest BCUT2D eigenvalue weighted by molar-refractivity contribution is 5.94. The maximum Gasteiger partial charge on any atom is 0.272 e. The Morgan fingerprint density at radius 1 is 1.38 bits per heavy atom. The molecule has 0 aromatic heterocycles. The van der Waals surface area contributed by atoms with Crippen LogP contribution in [0.1, 0.15) is 29.8 Å². The summed E-state index contributed by atoms with van der Waals surface area (Å²) in [6.45, 7) is 9.65. The van der Waals surface area contributed by atoms with Crippen LogP contribution < -0.4 is 5.32 Å². The summed E-state index contributed by atoms with van der Waals surface area (Å²) in [7, 11) is 0. The Bertz CT molecular complexity index is 597. The molecule has 0 spiro atoms. The first-order chi connectivity index (χ1) is 11.4. The van der Waals surface area contributed by atoms with Gasteiger partial charge in [-0.1, -0.05) is 13.8 Å². The second-order valence-corrected chi connectivity index (χ2v) is 6.43. The Morgan fingerprint density at radius 2 is 2.04 bits per heavy atom. The first kappa shape index (κ1) is 18.4. The zero-order chi connectivity index (χ0) is 17.7. The summed E-state index contributed by atoms with van der Waals surface area (Å²) in [5.41, 5.74) is 0.962. The molecule has 0 radical (unpaired) electrons. The molecule has 1 aliphatic heterocycles. The van der Waals surface area contributed by atoms with Crippen molar-refractivity contribution in [2.75, 3.05) is 32.8 Å². The summed E-state index contributed by atoms with van der Waals surface area (Å²) >= 11 is 0. The minimum absolute atomic E-state index is 0.0277. The van der Waals surface area contributed by atoms with Crippen LogP contribution in [0.25, 0.3) is 0 Å². The van der Waals surface area contributed by atoms with Crippen molar-refractivity contribution < 1.29 is 14.5 Å². The van der Waals surface area contributed by atoms with Gasteiger partial charge in [0, 0.05) is 42.9 Å². The van der Waals surface area contributed by atoms with E-state index in [0.29, 0.717) is 23.6 Å². The van der Waals surface area contributed by atoms with Crippen molar-refractivity contribution in [3.63, 3.8) is 0 Å². The fourth-order valence-corrected chi connectivity index (χ4v) is 3.00. The number of aryl methyl sites for hydroxylation is 1. The van der Waals surface area contributed by atoms with E-state index >= 15 is 0 Å². The van der Waals surface area contributed by atoms with Crippen molar-refractivity contribution in [1.82, 2.24) is 10.2 Å². The summed E-state index contributed by atoms with van der Waals surface area (Å²) in [5.74, 6) is 0.203. The predicted octanol–water partition coefficient (Wildman–Crippen LogP) is 1.99. The summed E-state index contributed by atoms with van der Waals surface area (Å²) in [6, 6.07) is 4.69. The second kappa shape index (κ2) is 8.21. The molecule has 0 unspecified atom stereocenters. The van der Waals surface area contributed by atoms with Crippen LogP contribution in [-0.2, 0) is 4.74 Å². The third-order valence-corrected chi connectivity index (χ3v) is 4.41. The lowest BCUT2D eigenvalue weighted by Gasteiger charge is -2.36. The van der Waals surface area contributed by atoms with Gasteiger partial charge in [-0.05, 0) is 25.0 Å². The smallest absolute Gasteiger partial charge is 0.272 e. The van der Waals surface area contributed by atoms with Gasteiger partial charge in [-0.3, -0.25) is 19.8 Å². The Labute approximate surface area is 142 Å². The zero-order valence-corrected chi connectivity index (χ0v) is 14.4. The molecule has 7 nitrogen and oxygen atoms in total. The number of nitrogens with zero attached hydrogens (tertiary/aromatic N) is 2. The van der Waals surface area contributed by atoms with E-state index < -0.39 is 4.92 Å². The van der Waals surface area contributed by atoms with Gasteiger partial charge in [0.2, 0.25) is 0 Å². The molecular formula is C17H25N3O4. The maximum atomic E-state index is 12.4. The SMILES string of the molecule is Cc1cc(C(=O)NC[C@H](C(C)C)N2CCOCC2)ccc1[N+](=O)[O-]. The molecule has 1 fully saturated rings. The number of rotatable bonds is 6. The van der Waals surface area contributed by atoms with Crippen molar-refractivity contribution in [2.45, 2.75) is 26.8 Å². The molecule has 1 aromatic carbocycles. The third kappa shape index (κ3) is 4.52. The van der Waals surface area contributed by atoms with Crippen molar-refractivity contribution in [2.24, 2.45) is 5.92 Å². The average Bonchev–Trinajstić information content (AvgIpc) is 2.55. The van der Waals surface area contributed by atoms with Crippen LogP contribution in [0.4, 0.5) is 5.69 Å². The molecule has 2 rings (SSSR count). The van der Waals surface area contributed by atoms with Crippen molar-refractivity contribution >= 4 is 11.6 Å². The molecule has 1 atom stereocenters. The van der Waals surface area contributed by atoms with Crippen LogP contribution >= 0.6 is 0 Å². The summed E-state index contributed by atoms with van der Waals surface area (Å²) in [6.07, 6.45) is 0. The third-order valence-electron chi connectivity index (χ3n) is 4.41. The van der Waals surface area contributed by atoms with E-state index in [-0.39, 0.29) is 17.6 Å². The highest BCUT2D eigenvalue weighted by atomic mass is 16.6. The second-order valence-electron chi connectivity index (χ2n) is 6.43. The molecule has 1 amide bonds. The van der Waals surface area contributed by atoms with Gasteiger partial charge in [0.25, 0.3) is 11.6 Å². The average molecular weight is 335 g/mol. The van der Waals surface area contributed by atoms with E-state index in [9.17, 15) is 14.9 Å². The number of amides is 1. The fourth-order valence-electron chi connectivity index (χ4n) is 3.00. The zero-order valence-electron chi connectivity index (χ0n) is 14.4. The fraction of sp³-hybridized carbons (Fsp3) is 0.588. The van der Waals surface area contributed by atoms with Gasteiger partial charge < -0.3 is 10.1 Å². The molecule has 1 N–H and O–H groups in total. The minimum Gasteiger partial charge on any atom is -0.379 e. The number of hydrogen-bond acceptors (Lipinski definition) is 5. The Balaban J connectivity index is 2.00. The number of carbonyl (C=O) groups excluding carboxylic acids is 1. The van der Waals surface area contributed by atoms with Crippen LogP contribution in [0.5, 0.6) is 0 Å². The lowest BCUT2D eigenvalue weighted by molar-refractivity contribution is -0.385. The Hall–Kier alpha value is -1.99. The van der Waals surface area contributed by atoms with E-state index in [1.54, 1.807) is 13.0 Å². The lowest BCUT2D eigenvalue weighted by atomic mass is 10.0. The lowest BCUT2D eigenvalue weighted by Crippen LogP contribution is -2.51. The van der Waals surface area contributed by atoms with E-state index in [0.717, 1.165) is 26.3 Å². The minimum atomic E-state index is -0.440.